The Morgan fingerprint density at radius 1 is 1.43 bits per heavy atom. The molecule has 1 atom stereocenters. The first kappa shape index (κ1) is 13.7. The number of aliphatic hydroxyl groups is 1. The SMILES string of the molecule is Cc1ccccc1[C@@]1(O)CCN(C(=O)Cn2cnnn2)C1. The van der Waals surface area contributed by atoms with E-state index in [1.54, 1.807) is 4.90 Å². The lowest BCUT2D eigenvalue weighted by atomic mass is 9.89. The van der Waals surface area contributed by atoms with Crippen molar-refractivity contribution in [2.45, 2.75) is 25.5 Å². The zero-order valence-corrected chi connectivity index (χ0v) is 11.8. The smallest absolute Gasteiger partial charge is 0.244 e. The van der Waals surface area contributed by atoms with E-state index in [2.05, 4.69) is 15.5 Å². The number of hydrogen-bond acceptors (Lipinski definition) is 5. The summed E-state index contributed by atoms with van der Waals surface area (Å²) in [6.45, 7) is 2.90. The van der Waals surface area contributed by atoms with E-state index >= 15 is 0 Å². The molecule has 1 N–H and O–H groups in total. The van der Waals surface area contributed by atoms with Crippen molar-refractivity contribution in [2.24, 2.45) is 0 Å². The van der Waals surface area contributed by atoms with Gasteiger partial charge < -0.3 is 10.0 Å². The predicted molar refractivity (Wildman–Crippen MR) is 74.1 cm³/mol. The molecule has 0 unspecified atom stereocenters. The van der Waals surface area contributed by atoms with Gasteiger partial charge in [-0.3, -0.25) is 4.79 Å². The van der Waals surface area contributed by atoms with Crippen molar-refractivity contribution < 1.29 is 9.90 Å². The maximum Gasteiger partial charge on any atom is 0.244 e. The molecule has 1 fully saturated rings. The van der Waals surface area contributed by atoms with Crippen molar-refractivity contribution in [3.8, 4) is 0 Å². The molecule has 2 heterocycles. The summed E-state index contributed by atoms with van der Waals surface area (Å²) in [6.07, 6.45) is 1.95. The largest absolute Gasteiger partial charge is 0.383 e. The van der Waals surface area contributed by atoms with Crippen LogP contribution in [-0.4, -0.2) is 49.2 Å². The van der Waals surface area contributed by atoms with E-state index in [0.29, 0.717) is 19.5 Å². The molecule has 7 nitrogen and oxygen atoms in total. The van der Waals surface area contributed by atoms with Crippen LogP contribution >= 0.6 is 0 Å². The van der Waals surface area contributed by atoms with Crippen LogP contribution in [0.15, 0.2) is 30.6 Å². The molecule has 1 aliphatic heterocycles. The molecular formula is C14H17N5O2. The van der Waals surface area contributed by atoms with Crippen molar-refractivity contribution in [3.63, 3.8) is 0 Å². The molecule has 21 heavy (non-hydrogen) atoms. The van der Waals surface area contributed by atoms with Gasteiger partial charge in [0.25, 0.3) is 0 Å². The van der Waals surface area contributed by atoms with Crippen LogP contribution in [0.3, 0.4) is 0 Å². The monoisotopic (exact) mass is 287 g/mol. The van der Waals surface area contributed by atoms with Crippen LogP contribution in [0, 0.1) is 6.92 Å². The van der Waals surface area contributed by atoms with Crippen molar-refractivity contribution in [1.82, 2.24) is 25.1 Å². The Balaban J connectivity index is 1.73. The minimum Gasteiger partial charge on any atom is -0.383 e. The van der Waals surface area contributed by atoms with E-state index in [1.807, 2.05) is 31.2 Å². The van der Waals surface area contributed by atoms with Gasteiger partial charge in [0, 0.05) is 6.54 Å². The third-order valence-corrected chi connectivity index (χ3v) is 3.94. The number of β-amino-alcohol motifs (C(OH)–C–C–N with tert-alkyl or cyclic N) is 1. The molecule has 1 aromatic carbocycles. The average Bonchev–Trinajstić information content (AvgIpc) is 3.09. The molecule has 0 aliphatic carbocycles. The lowest BCUT2D eigenvalue weighted by Gasteiger charge is -2.25. The molecule has 2 aromatic rings. The van der Waals surface area contributed by atoms with Gasteiger partial charge in [-0.1, -0.05) is 24.3 Å². The second-order valence-corrected chi connectivity index (χ2v) is 5.42. The molecule has 7 heteroatoms. The lowest BCUT2D eigenvalue weighted by molar-refractivity contribution is -0.132. The van der Waals surface area contributed by atoms with E-state index in [1.165, 1.54) is 11.0 Å². The number of amides is 1. The fraction of sp³-hybridized carbons (Fsp3) is 0.429. The Bertz CT molecular complexity index is 643. The fourth-order valence-electron chi connectivity index (χ4n) is 2.81. The number of tetrazole rings is 1. The van der Waals surface area contributed by atoms with Crippen molar-refractivity contribution >= 4 is 5.91 Å². The number of carbonyl (C=O) groups excluding carboxylic acids is 1. The Labute approximate surface area is 122 Å². The van der Waals surface area contributed by atoms with Gasteiger partial charge in [0.15, 0.2) is 0 Å². The first-order valence-corrected chi connectivity index (χ1v) is 6.85. The van der Waals surface area contributed by atoms with E-state index < -0.39 is 5.60 Å². The Morgan fingerprint density at radius 2 is 2.24 bits per heavy atom. The third-order valence-electron chi connectivity index (χ3n) is 3.94. The van der Waals surface area contributed by atoms with Crippen LogP contribution in [0.1, 0.15) is 17.5 Å². The highest BCUT2D eigenvalue weighted by Crippen LogP contribution is 2.33. The van der Waals surface area contributed by atoms with E-state index in [-0.39, 0.29) is 12.5 Å². The van der Waals surface area contributed by atoms with Gasteiger partial charge in [0.2, 0.25) is 5.91 Å². The van der Waals surface area contributed by atoms with Gasteiger partial charge in [-0.15, -0.1) is 5.10 Å². The molecule has 1 aliphatic rings. The lowest BCUT2D eigenvalue weighted by Crippen LogP contribution is -2.36. The van der Waals surface area contributed by atoms with Gasteiger partial charge in [-0.25, -0.2) is 4.68 Å². The summed E-state index contributed by atoms with van der Waals surface area (Å²) >= 11 is 0. The van der Waals surface area contributed by atoms with Crippen LogP contribution in [0.4, 0.5) is 0 Å². The Morgan fingerprint density at radius 3 is 2.95 bits per heavy atom. The quantitative estimate of drug-likeness (QED) is 0.865. The summed E-state index contributed by atoms with van der Waals surface area (Å²) in [6, 6.07) is 7.74. The zero-order chi connectivity index (χ0) is 14.9. The van der Waals surface area contributed by atoms with Gasteiger partial charge in [0.1, 0.15) is 18.5 Å². The van der Waals surface area contributed by atoms with Crippen molar-refractivity contribution in [1.29, 1.82) is 0 Å². The summed E-state index contributed by atoms with van der Waals surface area (Å²) in [7, 11) is 0. The first-order valence-electron chi connectivity index (χ1n) is 6.85. The molecule has 0 bridgehead atoms. The van der Waals surface area contributed by atoms with Crippen LogP contribution < -0.4 is 0 Å². The van der Waals surface area contributed by atoms with Gasteiger partial charge in [-0.05, 0) is 34.9 Å². The number of nitrogens with zero attached hydrogens (tertiary/aromatic N) is 5. The molecule has 0 saturated carbocycles. The van der Waals surface area contributed by atoms with Gasteiger partial charge >= 0.3 is 0 Å². The summed E-state index contributed by atoms with van der Waals surface area (Å²) in [5, 5.41) is 21.5. The molecule has 1 amide bonds. The Kier molecular flexibility index (Phi) is 3.42. The second kappa shape index (κ2) is 5.25. The third kappa shape index (κ3) is 2.64. The predicted octanol–water partition coefficient (Wildman–Crippen LogP) is 0.102. The highest BCUT2D eigenvalue weighted by Gasteiger charge is 2.40. The number of hydrogen-bond donors (Lipinski definition) is 1. The highest BCUT2D eigenvalue weighted by molar-refractivity contribution is 5.76. The minimum absolute atomic E-state index is 0.0909. The summed E-state index contributed by atoms with van der Waals surface area (Å²) < 4.78 is 1.38. The number of likely N-dealkylation sites (tertiary alicyclic amines) is 1. The topological polar surface area (TPSA) is 84.1 Å². The normalized spacial score (nSPS) is 21.7. The highest BCUT2D eigenvalue weighted by atomic mass is 16.3. The second-order valence-electron chi connectivity index (χ2n) is 5.42. The zero-order valence-electron chi connectivity index (χ0n) is 11.8. The van der Waals surface area contributed by atoms with E-state index in [4.69, 9.17) is 0 Å². The van der Waals surface area contributed by atoms with Crippen LogP contribution in [0.25, 0.3) is 0 Å². The first-order chi connectivity index (χ1) is 10.1. The molecule has 3 rings (SSSR count). The molecule has 1 aromatic heterocycles. The number of carbonyl (C=O) groups is 1. The van der Waals surface area contributed by atoms with E-state index in [0.717, 1.165) is 11.1 Å². The number of rotatable bonds is 3. The maximum absolute atomic E-state index is 12.2. The summed E-state index contributed by atoms with van der Waals surface area (Å²) in [5.41, 5.74) is 0.958. The fourth-order valence-corrected chi connectivity index (χ4v) is 2.81. The molecule has 0 radical (unpaired) electrons. The summed E-state index contributed by atoms with van der Waals surface area (Å²) in [4.78, 5) is 13.9. The van der Waals surface area contributed by atoms with Gasteiger partial charge in [-0.2, -0.15) is 0 Å². The molecule has 0 spiro atoms. The number of aryl methyl sites for hydroxylation is 1. The average molecular weight is 287 g/mol. The molecule has 110 valence electrons. The molecule has 1 saturated heterocycles. The maximum atomic E-state index is 12.2. The summed E-state index contributed by atoms with van der Waals surface area (Å²) in [5.74, 6) is -0.0909. The van der Waals surface area contributed by atoms with Crippen LogP contribution in [0.5, 0.6) is 0 Å². The standard InChI is InChI=1S/C14H17N5O2/c1-11-4-2-3-5-12(11)14(21)6-7-18(9-14)13(20)8-19-10-15-16-17-19/h2-5,10,21H,6-9H2,1H3/t14-/m1/s1. The van der Waals surface area contributed by atoms with Crippen LogP contribution in [-0.2, 0) is 16.9 Å². The van der Waals surface area contributed by atoms with Crippen LogP contribution in [0.2, 0.25) is 0 Å². The number of benzene rings is 1. The van der Waals surface area contributed by atoms with E-state index in [9.17, 15) is 9.90 Å². The Hall–Kier alpha value is -2.28. The van der Waals surface area contributed by atoms with Crippen molar-refractivity contribution in [2.75, 3.05) is 13.1 Å². The molecular weight excluding hydrogens is 270 g/mol. The minimum atomic E-state index is -0.971. The number of aromatic nitrogens is 4. The van der Waals surface area contributed by atoms with Crippen molar-refractivity contribution in [3.05, 3.63) is 41.7 Å². The van der Waals surface area contributed by atoms with Gasteiger partial charge in [0.05, 0.1) is 6.54 Å².